The van der Waals surface area contributed by atoms with Crippen molar-refractivity contribution < 1.29 is 9.59 Å². The van der Waals surface area contributed by atoms with Crippen LogP contribution in [0.1, 0.15) is 30.2 Å². The van der Waals surface area contributed by atoms with E-state index in [4.69, 9.17) is 0 Å². The molecular formula is C15H22ClN3O2S. The van der Waals surface area contributed by atoms with Crippen molar-refractivity contribution in [2.45, 2.75) is 25.3 Å². The molecular weight excluding hydrogens is 322 g/mol. The molecule has 2 aliphatic heterocycles. The van der Waals surface area contributed by atoms with Crippen LogP contribution in [0.5, 0.6) is 0 Å². The smallest absolute Gasteiger partial charge is 0.248 e. The van der Waals surface area contributed by atoms with Gasteiger partial charge in [0.15, 0.2) is 0 Å². The van der Waals surface area contributed by atoms with Gasteiger partial charge in [0.1, 0.15) is 6.04 Å². The molecule has 2 atom stereocenters. The molecule has 0 radical (unpaired) electrons. The molecule has 2 aliphatic rings. The monoisotopic (exact) mass is 343 g/mol. The van der Waals surface area contributed by atoms with Gasteiger partial charge >= 0.3 is 0 Å². The van der Waals surface area contributed by atoms with Gasteiger partial charge in [0.2, 0.25) is 11.8 Å². The summed E-state index contributed by atoms with van der Waals surface area (Å²) in [6, 6.07) is 3.42. The molecule has 7 heteroatoms. The molecule has 3 heterocycles. The highest BCUT2D eigenvalue weighted by Crippen LogP contribution is 2.28. The van der Waals surface area contributed by atoms with E-state index in [0.29, 0.717) is 25.4 Å². The third-order valence-electron chi connectivity index (χ3n) is 4.27. The van der Waals surface area contributed by atoms with E-state index in [-0.39, 0.29) is 24.2 Å². The summed E-state index contributed by atoms with van der Waals surface area (Å²) in [6.07, 6.45) is 2.62. The number of rotatable bonds is 4. The highest BCUT2D eigenvalue weighted by molar-refractivity contribution is 7.10. The van der Waals surface area contributed by atoms with E-state index in [9.17, 15) is 9.59 Å². The van der Waals surface area contributed by atoms with E-state index >= 15 is 0 Å². The van der Waals surface area contributed by atoms with Crippen LogP contribution in [-0.2, 0) is 9.59 Å². The highest BCUT2D eigenvalue weighted by Gasteiger charge is 2.34. The number of piperazine rings is 1. The summed E-state index contributed by atoms with van der Waals surface area (Å²) in [5.41, 5.74) is 0. The van der Waals surface area contributed by atoms with Crippen LogP contribution in [0, 0.1) is 5.92 Å². The predicted molar refractivity (Wildman–Crippen MR) is 89.2 cm³/mol. The summed E-state index contributed by atoms with van der Waals surface area (Å²) >= 11 is 1.53. The number of amides is 2. The summed E-state index contributed by atoms with van der Waals surface area (Å²) < 4.78 is 0. The molecule has 0 saturated carbocycles. The second-order valence-electron chi connectivity index (χ2n) is 5.69. The van der Waals surface area contributed by atoms with Crippen LogP contribution >= 0.6 is 23.7 Å². The second-order valence-corrected chi connectivity index (χ2v) is 6.67. The molecule has 2 N–H and O–H groups in total. The van der Waals surface area contributed by atoms with Crippen molar-refractivity contribution in [3.8, 4) is 0 Å². The normalized spacial score (nSPS) is 24.7. The van der Waals surface area contributed by atoms with E-state index < -0.39 is 6.04 Å². The van der Waals surface area contributed by atoms with Crippen molar-refractivity contribution in [1.82, 2.24) is 15.5 Å². The molecule has 0 bridgehead atoms. The first-order valence-electron chi connectivity index (χ1n) is 7.57. The van der Waals surface area contributed by atoms with Gasteiger partial charge in [0, 0.05) is 24.4 Å². The minimum Gasteiger partial charge on any atom is -0.352 e. The molecule has 22 heavy (non-hydrogen) atoms. The third-order valence-corrected chi connectivity index (χ3v) is 5.20. The fraction of sp³-hybridized carbons (Fsp3) is 0.600. The van der Waals surface area contributed by atoms with Crippen molar-refractivity contribution in [1.29, 1.82) is 0 Å². The van der Waals surface area contributed by atoms with Crippen LogP contribution in [0.2, 0.25) is 0 Å². The molecule has 0 aromatic carbocycles. The van der Waals surface area contributed by atoms with Crippen molar-refractivity contribution in [3.63, 3.8) is 0 Å². The lowest BCUT2D eigenvalue weighted by Gasteiger charge is -2.34. The van der Waals surface area contributed by atoms with Gasteiger partial charge in [0.05, 0.1) is 0 Å². The molecule has 0 spiro atoms. The maximum atomic E-state index is 12.5. The van der Waals surface area contributed by atoms with Gasteiger partial charge in [0.25, 0.3) is 0 Å². The zero-order valence-corrected chi connectivity index (χ0v) is 14.0. The number of nitrogens with zero attached hydrogens (tertiary/aromatic N) is 1. The Morgan fingerprint density at radius 1 is 1.41 bits per heavy atom. The van der Waals surface area contributed by atoms with Crippen molar-refractivity contribution >= 4 is 35.6 Å². The van der Waals surface area contributed by atoms with E-state index in [1.807, 2.05) is 17.5 Å². The maximum Gasteiger partial charge on any atom is 0.248 e. The van der Waals surface area contributed by atoms with Gasteiger partial charge in [-0.1, -0.05) is 6.07 Å². The first-order chi connectivity index (χ1) is 10.3. The lowest BCUT2D eigenvalue weighted by molar-refractivity contribution is -0.143. The van der Waals surface area contributed by atoms with Gasteiger partial charge in [-0.2, -0.15) is 0 Å². The molecule has 122 valence electrons. The molecule has 0 aliphatic carbocycles. The number of carbonyl (C=O) groups is 2. The first kappa shape index (κ1) is 17.2. The average Bonchev–Trinajstić information content (AvgIpc) is 3.17. The summed E-state index contributed by atoms with van der Waals surface area (Å²) in [5.74, 6) is 0.655. The zero-order chi connectivity index (χ0) is 14.7. The van der Waals surface area contributed by atoms with Gasteiger partial charge in [-0.3, -0.25) is 9.59 Å². The number of hydrogen-bond donors (Lipinski definition) is 2. The molecule has 2 unspecified atom stereocenters. The van der Waals surface area contributed by atoms with E-state index in [2.05, 4.69) is 10.6 Å². The first-order valence-corrected chi connectivity index (χ1v) is 8.45. The standard InChI is InChI=1S/C15H21N3O2S.ClH/c19-13(4-3-11-5-6-16-10-11)18-8-7-17-15(20)14(18)12-2-1-9-21-12;/h1-2,9,11,14,16H,3-8,10H2,(H,17,20);1H. The molecule has 2 fully saturated rings. The third kappa shape index (κ3) is 3.80. The Kier molecular flexibility index (Phi) is 6.23. The minimum absolute atomic E-state index is 0. The summed E-state index contributed by atoms with van der Waals surface area (Å²) in [6.45, 7) is 3.23. The molecule has 1 aromatic heterocycles. The fourth-order valence-corrected chi connectivity index (χ4v) is 3.93. The highest BCUT2D eigenvalue weighted by atomic mass is 35.5. The van der Waals surface area contributed by atoms with Crippen LogP contribution in [-0.4, -0.2) is 42.9 Å². The number of carbonyl (C=O) groups excluding carboxylic acids is 2. The lowest BCUT2D eigenvalue weighted by atomic mass is 10.0. The summed E-state index contributed by atoms with van der Waals surface area (Å²) in [5, 5.41) is 8.14. The molecule has 2 saturated heterocycles. The van der Waals surface area contributed by atoms with Crippen molar-refractivity contribution in [2.24, 2.45) is 5.92 Å². The Hall–Kier alpha value is -1.11. The van der Waals surface area contributed by atoms with E-state index in [1.54, 1.807) is 4.90 Å². The molecule has 1 aromatic rings. The maximum absolute atomic E-state index is 12.5. The fourth-order valence-electron chi connectivity index (χ4n) is 3.10. The Labute approximate surface area is 140 Å². The Bertz CT molecular complexity index is 503. The average molecular weight is 344 g/mol. The SMILES string of the molecule is Cl.O=C1NCCN(C(=O)CCC2CCNC2)C1c1cccs1. The van der Waals surface area contributed by atoms with Crippen molar-refractivity contribution in [2.75, 3.05) is 26.2 Å². The number of thiophene rings is 1. The minimum atomic E-state index is -0.437. The predicted octanol–water partition coefficient (Wildman–Crippen LogP) is 1.56. The van der Waals surface area contributed by atoms with Crippen LogP contribution in [0.25, 0.3) is 0 Å². The largest absolute Gasteiger partial charge is 0.352 e. The molecule has 5 nitrogen and oxygen atoms in total. The number of hydrogen-bond acceptors (Lipinski definition) is 4. The molecule has 3 rings (SSSR count). The van der Waals surface area contributed by atoms with Gasteiger partial charge in [-0.15, -0.1) is 23.7 Å². The van der Waals surface area contributed by atoms with Crippen LogP contribution in [0.4, 0.5) is 0 Å². The van der Waals surface area contributed by atoms with Crippen molar-refractivity contribution in [3.05, 3.63) is 22.4 Å². The topological polar surface area (TPSA) is 61.4 Å². The zero-order valence-electron chi connectivity index (χ0n) is 12.4. The molecule has 2 amide bonds. The van der Waals surface area contributed by atoms with Crippen LogP contribution in [0.15, 0.2) is 17.5 Å². The quantitative estimate of drug-likeness (QED) is 0.872. The number of nitrogens with one attached hydrogen (secondary N) is 2. The van der Waals surface area contributed by atoms with Gasteiger partial charge in [-0.25, -0.2) is 0 Å². The lowest BCUT2D eigenvalue weighted by Crippen LogP contribution is -2.52. The van der Waals surface area contributed by atoms with Gasteiger partial charge in [-0.05, 0) is 43.3 Å². The van der Waals surface area contributed by atoms with Gasteiger partial charge < -0.3 is 15.5 Å². The van der Waals surface area contributed by atoms with Crippen LogP contribution < -0.4 is 10.6 Å². The summed E-state index contributed by atoms with van der Waals surface area (Å²) in [7, 11) is 0. The Morgan fingerprint density at radius 3 is 2.95 bits per heavy atom. The van der Waals surface area contributed by atoms with Crippen LogP contribution in [0.3, 0.4) is 0 Å². The summed E-state index contributed by atoms with van der Waals surface area (Å²) in [4.78, 5) is 27.4. The number of halogens is 1. The van der Waals surface area contributed by atoms with E-state index in [0.717, 1.165) is 30.8 Å². The second kappa shape index (κ2) is 7.94. The van der Waals surface area contributed by atoms with E-state index in [1.165, 1.54) is 11.3 Å². The Morgan fingerprint density at radius 2 is 2.27 bits per heavy atom. The Balaban J connectivity index is 0.00000176.